The molecule has 3 heterocycles. The summed E-state index contributed by atoms with van der Waals surface area (Å²) >= 11 is 0. The summed E-state index contributed by atoms with van der Waals surface area (Å²) in [5.41, 5.74) is 5.45. The van der Waals surface area contributed by atoms with E-state index in [1.54, 1.807) is 13.8 Å². The van der Waals surface area contributed by atoms with E-state index in [0.29, 0.717) is 5.56 Å². The summed E-state index contributed by atoms with van der Waals surface area (Å²) in [5, 5.41) is 9.52. The quantitative estimate of drug-likeness (QED) is 0.485. The molecule has 10 nitrogen and oxygen atoms in total. The Morgan fingerprint density at radius 3 is 2.54 bits per heavy atom. The van der Waals surface area contributed by atoms with E-state index >= 15 is 0 Å². The molecule has 11 heteroatoms. The second-order valence-electron chi connectivity index (χ2n) is 6.43. The summed E-state index contributed by atoms with van der Waals surface area (Å²) in [5.74, 6) is -1.38. The predicted molar refractivity (Wildman–Crippen MR) is 94.5 cm³/mol. The molecule has 2 fully saturated rings. The molecular weight excluding hydrogens is 550 g/mol. The topological polar surface area (TPSA) is 135 Å². The van der Waals surface area contributed by atoms with Gasteiger partial charge in [-0.2, -0.15) is 4.98 Å². The molecule has 0 spiro atoms. The summed E-state index contributed by atoms with van der Waals surface area (Å²) in [6, 6.07) is 0. The van der Waals surface area contributed by atoms with Crippen molar-refractivity contribution in [2.75, 3.05) is 12.3 Å². The van der Waals surface area contributed by atoms with Crippen LogP contribution in [0, 0.1) is 0 Å². The molecule has 3 rings (SSSR count). The van der Waals surface area contributed by atoms with Gasteiger partial charge in [-0.1, -0.05) is 13.8 Å². The predicted octanol–water partition coefficient (Wildman–Crippen LogP) is 0.322. The van der Waals surface area contributed by atoms with Gasteiger partial charge in [0.25, 0.3) is 0 Å². The van der Waals surface area contributed by atoms with Gasteiger partial charge in [0.15, 0.2) is 12.0 Å². The Kier molecular flexibility index (Phi) is 8.73. The monoisotopic (exact) mass is 578 g/mol. The number of nitrogen functional groups attached to an aromatic ring is 1. The smallest absolute Gasteiger partial charge is 0.351 e. The van der Waals surface area contributed by atoms with E-state index in [9.17, 15) is 14.7 Å². The summed E-state index contributed by atoms with van der Waals surface area (Å²) in [7, 11) is 0. The number of aromatic nitrogens is 2. The number of nitrogens with zero attached hydrogens (tertiary/aromatic N) is 2. The normalized spacial score (nSPS) is 27.2. The Balaban J connectivity index is 0.00000127. The minimum atomic E-state index is -0.865. The molecule has 28 heavy (non-hydrogen) atoms. The molecule has 1 radical (unpaired) electrons. The molecule has 1 aromatic rings. The molecule has 0 amide bonds. The molecule has 0 aliphatic carbocycles. The molecule has 1 aromatic heterocycles. The van der Waals surface area contributed by atoms with Crippen LogP contribution in [-0.4, -0.2) is 51.3 Å². The van der Waals surface area contributed by atoms with Gasteiger partial charge in [-0.25, -0.2) is 4.79 Å². The largest absolute Gasteiger partial charge is 0.461 e. The number of hydrogen-bond acceptors (Lipinski definition) is 9. The molecule has 3 N–H and O–H groups in total. The standard InChI is InChI=1S/C15H21N3O7.C2H6.Ir/c1-7(20)22-6-8-4-18(14(21)17-12(8)16)13-11-10(9(5-19)23-13)24-15(2,3)25-11;1-2;/h4,9-11,13,19H,5-6H2,1-3H3,(H2,16,17,21);1-2H3;. The van der Waals surface area contributed by atoms with Gasteiger partial charge < -0.3 is 29.8 Å². The number of esters is 1. The Morgan fingerprint density at radius 1 is 1.36 bits per heavy atom. The van der Waals surface area contributed by atoms with Gasteiger partial charge in [0.05, 0.1) is 6.61 Å². The number of carbonyl (C=O) groups excluding carboxylic acids is 1. The number of ether oxygens (including phenoxy) is 4. The van der Waals surface area contributed by atoms with Gasteiger partial charge in [-0.15, -0.1) is 0 Å². The summed E-state index contributed by atoms with van der Waals surface area (Å²) in [6.07, 6.45) is -1.19. The number of aliphatic hydroxyl groups is 1. The van der Waals surface area contributed by atoms with Crippen molar-refractivity contribution in [3.63, 3.8) is 0 Å². The molecule has 0 bridgehead atoms. The average molecular weight is 578 g/mol. The van der Waals surface area contributed by atoms with Crippen molar-refractivity contribution in [3.8, 4) is 0 Å². The maximum atomic E-state index is 12.3. The van der Waals surface area contributed by atoms with E-state index < -0.39 is 42.0 Å². The maximum Gasteiger partial charge on any atom is 0.351 e. The van der Waals surface area contributed by atoms with Crippen LogP contribution in [0.4, 0.5) is 5.82 Å². The van der Waals surface area contributed by atoms with Gasteiger partial charge in [-0.3, -0.25) is 9.36 Å². The van der Waals surface area contributed by atoms with Crippen LogP contribution in [0.1, 0.15) is 46.4 Å². The zero-order valence-corrected chi connectivity index (χ0v) is 18.9. The van der Waals surface area contributed by atoms with Crippen molar-refractivity contribution < 1.29 is 49.0 Å². The second kappa shape index (κ2) is 9.91. The molecule has 0 saturated carbocycles. The van der Waals surface area contributed by atoms with Crippen molar-refractivity contribution in [1.29, 1.82) is 0 Å². The number of rotatable bonds is 4. The van der Waals surface area contributed by atoms with Crippen molar-refractivity contribution in [2.45, 2.75) is 71.6 Å². The van der Waals surface area contributed by atoms with E-state index in [2.05, 4.69) is 4.98 Å². The Hall–Kier alpha value is -1.36. The van der Waals surface area contributed by atoms with E-state index in [-0.39, 0.29) is 39.1 Å². The Labute approximate surface area is 176 Å². The minimum absolute atomic E-state index is 0. The molecule has 161 valence electrons. The van der Waals surface area contributed by atoms with Gasteiger partial charge in [-0.05, 0) is 13.8 Å². The van der Waals surface area contributed by atoms with Crippen LogP contribution in [0.2, 0.25) is 0 Å². The van der Waals surface area contributed by atoms with Crippen molar-refractivity contribution in [3.05, 3.63) is 22.2 Å². The van der Waals surface area contributed by atoms with E-state index in [1.165, 1.54) is 17.7 Å². The van der Waals surface area contributed by atoms with Crippen molar-refractivity contribution >= 4 is 11.8 Å². The van der Waals surface area contributed by atoms with Crippen LogP contribution < -0.4 is 11.4 Å². The molecular formula is C17H27IrN3O7. The van der Waals surface area contributed by atoms with Crippen LogP contribution in [-0.2, 0) is 50.5 Å². The number of hydrogen-bond donors (Lipinski definition) is 2. The molecule has 0 aromatic carbocycles. The molecule has 2 aliphatic heterocycles. The number of aliphatic hydroxyl groups excluding tert-OH is 1. The van der Waals surface area contributed by atoms with Crippen LogP contribution >= 0.6 is 0 Å². The fourth-order valence-electron chi connectivity index (χ4n) is 3.02. The van der Waals surface area contributed by atoms with Crippen LogP contribution in [0.3, 0.4) is 0 Å². The average Bonchev–Trinajstić information content (AvgIpc) is 3.09. The number of anilines is 1. The fraction of sp³-hybridized carbons (Fsp3) is 0.706. The third-order valence-electron chi connectivity index (χ3n) is 4.07. The van der Waals surface area contributed by atoms with Gasteiger partial charge in [0.1, 0.15) is 30.7 Å². The SMILES string of the molecule is CC.CC(=O)OCc1cn(C2OC(CO)C3OC(C)(C)OC32)c(=O)nc1N.[Ir]. The summed E-state index contributed by atoms with van der Waals surface area (Å²) in [4.78, 5) is 27.0. The third kappa shape index (κ3) is 5.16. The van der Waals surface area contributed by atoms with Gasteiger partial charge in [0.2, 0.25) is 0 Å². The minimum Gasteiger partial charge on any atom is -0.461 e. The Bertz CT molecular complexity index is 740. The molecule has 2 aliphatic rings. The first-order valence-electron chi connectivity index (χ1n) is 8.84. The summed E-state index contributed by atoms with van der Waals surface area (Å²) in [6.45, 7) is 8.35. The molecule has 4 unspecified atom stereocenters. The van der Waals surface area contributed by atoms with Crippen LogP contribution in [0.15, 0.2) is 11.0 Å². The van der Waals surface area contributed by atoms with Gasteiger partial charge in [0, 0.05) is 38.8 Å². The second-order valence-corrected chi connectivity index (χ2v) is 6.43. The van der Waals surface area contributed by atoms with E-state index in [4.69, 9.17) is 24.7 Å². The molecule has 4 atom stereocenters. The number of fused-ring (bicyclic) bond motifs is 1. The number of carbonyl (C=O) groups is 1. The number of nitrogens with two attached hydrogens (primary N) is 1. The zero-order valence-electron chi connectivity index (χ0n) is 16.5. The van der Waals surface area contributed by atoms with Crippen molar-refractivity contribution in [2.24, 2.45) is 0 Å². The first kappa shape index (κ1) is 24.7. The van der Waals surface area contributed by atoms with E-state index in [0.717, 1.165) is 0 Å². The van der Waals surface area contributed by atoms with Crippen LogP contribution in [0.5, 0.6) is 0 Å². The first-order valence-corrected chi connectivity index (χ1v) is 8.84. The maximum absolute atomic E-state index is 12.3. The first-order chi connectivity index (χ1) is 12.7. The zero-order chi connectivity index (χ0) is 20.4. The van der Waals surface area contributed by atoms with Crippen molar-refractivity contribution in [1.82, 2.24) is 9.55 Å². The molecule has 2 saturated heterocycles. The third-order valence-corrected chi connectivity index (χ3v) is 4.07. The Morgan fingerprint density at radius 2 is 1.96 bits per heavy atom. The fourth-order valence-corrected chi connectivity index (χ4v) is 3.02. The van der Waals surface area contributed by atoms with Crippen LogP contribution in [0.25, 0.3) is 0 Å². The summed E-state index contributed by atoms with van der Waals surface area (Å²) < 4.78 is 23.5. The van der Waals surface area contributed by atoms with E-state index in [1.807, 2.05) is 13.8 Å². The van der Waals surface area contributed by atoms with Gasteiger partial charge >= 0.3 is 11.7 Å².